The number of unbranched alkanes of at least 4 members (excludes halogenated alkanes) is 1. The molecular weight excluding hydrogens is 213 g/mol. The molecule has 0 saturated heterocycles. The van der Waals surface area contributed by atoms with E-state index in [9.17, 15) is 4.39 Å². The first-order chi connectivity index (χ1) is 8.06. The lowest BCUT2D eigenvalue weighted by Gasteiger charge is -2.01. The molecule has 0 bridgehead atoms. The summed E-state index contributed by atoms with van der Waals surface area (Å²) in [5.74, 6) is -0.366. The van der Waals surface area contributed by atoms with Crippen LogP contribution in [0.15, 0.2) is 39.8 Å². The van der Waals surface area contributed by atoms with Gasteiger partial charge < -0.3 is 0 Å². The predicted molar refractivity (Wildman–Crippen MR) is 75.0 cm³/mol. The lowest BCUT2D eigenvalue weighted by atomic mass is 10.1. The zero-order chi connectivity index (χ0) is 13.3. The number of aliphatic imine (C=N–C) groups is 1. The number of hydrogen-bond donors (Lipinski definition) is 0. The van der Waals surface area contributed by atoms with Crippen LogP contribution in [0.1, 0.15) is 53.9 Å². The highest BCUT2D eigenvalue weighted by molar-refractivity contribution is 5.84. The molecule has 0 N–H and O–H groups in total. The summed E-state index contributed by atoms with van der Waals surface area (Å²) >= 11 is 0. The molecule has 0 amide bonds. The van der Waals surface area contributed by atoms with E-state index in [2.05, 4.69) is 18.0 Å². The first-order valence-corrected chi connectivity index (χ1v) is 6.29. The summed E-state index contributed by atoms with van der Waals surface area (Å²) in [5.41, 5.74) is 2.82. The maximum Gasteiger partial charge on any atom is 0.211 e. The molecule has 0 unspecified atom stereocenters. The smallest absolute Gasteiger partial charge is 0.211 e. The first-order valence-electron chi connectivity index (χ1n) is 6.29. The molecule has 0 aromatic rings. The Labute approximate surface area is 105 Å². The average Bonchev–Trinajstić information content (AvgIpc) is 2.35. The Balaban J connectivity index is 4.80. The van der Waals surface area contributed by atoms with Gasteiger partial charge in [-0.05, 0) is 50.3 Å². The Hall–Kier alpha value is -1.18. The topological polar surface area (TPSA) is 12.4 Å². The number of allylic oxidation sites excluding steroid dienone is 5. The van der Waals surface area contributed by atoms with E-state index >= 15 is 0 Å². The predicted octanol–water partition coefficient (Wildman–Crippen LogP) is 5.36. The van der Waals surface area contributed by atoms with Gasteiger partial charge >= 0.3 is 0 Å². The molecule has 0 aliphatic carbocycles. The van der Waals surface area contributed by atoms with Crippen molar-refractivity contribution < 1.29 is 4.39 Å². The van der Waals surface area contributed by atoms with Gasteiger partial charge in [0.1, 0.15) is 0 Å². The van der Waals surface area contributed by atoms with E-state index in [0.717, 1.165) is 24.0 Å². The maximum absolute atomic E-state index is 13.4. The van der Waals surface area contributed by atoms with Gasteiger partial charge in [0.05, 0.1) is 0 Å². The third-order valence-corrected chi connectivity index (χ3v) is 2.71. The summed E-state index contributed by atoms with van der Waals surface area (Å²) in [7, 11) is 0. The van der Waals surface area contributed by atoms with Crippen molar-refractivity contribution >= 4 is 6.21 Å². The van der Waals surface area contributed by atoms with Crippen LogP contribution in [0.3, 0.4) is 0 Å². The number of hydrogen-bond acceptors (Lipinski definition) is 1. The van der Waals surface area contributed by atoms with Crippen molar-refractivity contribution in [3.8, 4) is 0 Å². The minimum absolute atomic E-state index is 0.366. The molecular formula is C15H24FN. The summed E-state index contributed by atoms with van der Waals surface area (Å²) in [6, 6.07) is 0. The van der Waals surface area contributed by atoms with Crippen LogP contribution in [0, 0.1) is 0 Å². The second-order valence-corrected chi connectivity index (χ2v) is 4.10. The molecule has 0 heterocycles. The number of halogens is 1. The standard InChI is InChI=1S/C15H24FN/c1-6-9-10-13(5)14(8-3)11-17-15(16)12(4)7-2/h8,10-11H,6-7,9H2,1-5H3/b13-10+,14-8+,15-12+,17-11+. The molecule has 0 radical (unpaired) electrons. The van der Waals surface area contributed by atoms with E-state index < -0.39 is 0 Å². The summed E-state index contributed by atoms with van der Waals surface area (Å²) in [6.45, 7) is 9.81. The Kier molecular flexibility index (Phi) is 8.29. The second-order valence-electron chi connectivity index (χ2n) is 4.10. The molecule has 0 spiro atoms. The average molecular weight is 237 g/mol. The highest BCUT2D eigenvalue weighted by Crippen LogP contribution is 2.13. The van der Waals surface area contributed by atoms with E-state index in [1.807, 2.05) is 26.8 Å². The molecule has 0 aromatic heterocycles. The van der Waals surface area contributed by atoms with E-state index in [0.29, 0.717) is 12.0 Å². The quantitative estimate of drug-likeness (QED) is 0.335. The highest BCUT2D eigenvalue weighted by Gasteiger charge is 1.98. The normalized spacial score (nSPS) is 15.4. The molecule has 17 heavy (non-hydrogen) atoms. The minimum atomic E-state index is -0.366. The fraction of sp³-hybridized carbons (Fsp3) is 0.533. The zero-order valence-corrected chi connectivity index (χ0v) is 11.7. The van der Waals surface area contributed by atoms with Crippen LogP contribution in [0.4, 0.5) is 4.39 Å². The zero-order valence-electron chi connectivity index (χ0n) is 11.7. The molecule has 1 nitrogen and oxygen atoms in total. The van der Waals surface area contributed by atoms with Gasteiger partial charge in [0.15, 0.2) is 0 Å². The van der Waals surface area contributed by atoms with E-state index in [1.165, 1.54) is 0 Å². The van der Waals surface area contributed by atoms with E-state index in [1.54, 1.807) is 13.1 Å². The van der Waals surface area contributed by atoms with Crippen LogP contribution >= 0.6 is 0 Å². The van der Waals surface area contributed by atoms with Gasteiger partial charge in [0, 0.05) is 6.21 Å². The van der Waals surface area contributed by atoms with Crippen LogP contribution in [-0.2, 0) is 0 Å². The van der Waals surface area contributed by atoms with Crippen molar-refractivity contribution in [3.05, 3.63) is 34.8 Å². The monoisotopic (exact) mass is 237 g/mol. The van der Waals surface area contributed by atoms with Crippen LogP contribution < -0.4 is 0 Å². The molecule has 0 atom stereocenters. The fourth-order valence-corrected chi connectivity index (χ4v) is 1.26. The van der Waals surface area contributed by atoms with Gasteiger partial charge in [0.2, 0.25) is 5.95 Å². The van der Waals surface area contributed by atoms with Crippen molar-refractivity contribution in [1.29, 1.82) is 0 Å². The van der Waals surface area contributed by atoms with Gasteiger partial charge in [-0.3, -0.25) is 0 Å². The Morgan fingerprint density at radius 1 is 1.24 bits per heavy atom. The maximum atomic E-state index is 13.4. The lowest BCUT2D eigenvalue weighted by Crippen LogP contribution is -1.88. The summed E-state index contributed by atoms with van der Waals surface area (Å²) in [5, 5.41) is 0. The molecule has 0 rings (SSSR count). The Morgan fingerprint density at radius 2 is 1.88 bits per heavy atom. The van der Waals surface area contributed by atoms with Crippen molar-refractivity contribution in [2.45, 2.75) is 53.9 Å². The van der Waals surface area contributed by atoms with Gasteiger partial charge in [-0.25, -0.2) is 4.99 Å². The van der Waals surface area contributed by atoms with Gasteiger partial charge in [-0.15, -0.1) is 0 Å². The molecule has 2 heteroatoms. The van der Waals surface area contributed by atoms with Crippen molar-refractivity contribution in [1.82, 2.24) is 0 Å². The summed E-state index contributed by atoms with van der Waals surface area (Å²) in [4.78, 5) is 3.87. The third kappa shape index (κ3) is 6.20. The molecule has 96 valence electrons. The molecule has 0 saturated carbocycles. The number of nitrogens with zero attached hydrogens (tertiary/aromatic N) is 1. The van der Waals surface area contributed by atoms with Gasteiger partial charge in [0.25, 0.3) is 0 Å². The summed E-state index contributed by atoms with van der Waals surface area (Å²) in [6.07, 6.45) is 8.59. The Bertz CT molecular complexity index is 346. The van der Waals surface area contributed by atoms with Crippen LogP contribution in [0.2, 0.25) is 0 Å². The SMILES string of the molecule is C/C=C(\C=N\C(F)=C(/C)CC)C(/C)=C/CCC. The highest BCUT2D eigenvalue weighted by atomic mass is 19.1. The van der Waals surface area contributed by atoms with Crippen molar-refractivity contribution in [2.75, 3.05) is 0 Å². The summed E-state index contributed by atoms with van der Waals surface area (Å²) < 4.78 is 13.4. The second kappa shape index (κ2) is 8.91. The minimum Gasteiger partial charge on any atom is -0.228 e. The molecule has 0 aliphatic heterocycles. The van der Waals surface area contributed by atoms with Gasteiger partial charge in [-0.1, -0.05) is 32.4 Å². The van der Waals surface area contributed by atoms with Crippen LogP contribution in [0.25, 0.3) is 0 Å². The first kappa shape index (κ1) is 15.8. The Morgan fingerprint density at radius 3 is 2.35 bits per heavy atom. The lowest BCUT2D eigenvalue weighted by molar-refractivity contribution is 0.610. The van der Waals surface area contributed by atoms with E-state index in [4.69, 9.17) is 0 Å². The van der Waals surface area contributed by atoms with Crippen LogP contribution in [-0.4, -0.2) is 6.21 Å². The van der Waals surface area contributed by atoms with Gasteiger partial charge in [-0.2, -0.15) is 4.39 Å². The number of rotatable bonds is 6. The van der Waals surface area contributed by atoms with Crippen molar-refractivity contribution in [3.63, 3.8) is 0 Å². The molecule has 0 aromatic carbocycles. The van der Waals surface area contributed by atoms with Crippen molar-refractivity contribution in [2.24, 2.45) is 4.99 Å². The molecule has 0 aliphatic rings. The van der Waals surface area contributed by atoms with Crippen LogP contribution in [0.5, 0.6) is 0 Å². The fourth-order valence-electron chi connectivity index (χ4n) is 1.26. The molecule has 0 fully saturated rings. The van der Waals surface area contributed by atoms with E-state index in [-0.39, 0.29) is 5.95 Å². The third-order valence-electron chi connectivity index (χ3n) is 2.71. The largest absolute Gasteiger partial charge is 0.228 e.